The van der Waals surface area contributed by atoms with Gasteiger partial charge in [-0.2, -0.15) is 9.97 Å². The topological polar surface area (TPSA) is 107 Å². The van der Waals surface area contributed by atoms with Crippen LogP contribution < -0.4 is 10.1 Å². The zero-order chi connectivity index (χ0) is 21.1. The van der Waals surface area contributed by atoms with E-state index in [0.717, 1.165) is 5.56 Å². The number of hydrogen-bond donors (Lipinski definition) is 1. The molecule has 30 heavy (non-hydrogen) atoms. The van der Waals surface area contributed by atoms with Crippen LogP contribution in [0, 0.1) is 6.92 Å². The lowest BCUT2D eigenvalue weighted by molar-refractivity contribution is -0.118. The van der Waals surface area contributed by atoms with Crippen LogP contribution in [0.25, 0.3) is 22.4 Å². The van der Waals surface area contributed by atoms with Crippen molar-refractivity contribution in [2.75, 3.05) is 11.9 Å². The molecule has 0 aliphatic rings. The minimum absolute atomic E-state index is 0.0395. The van der Waals surface area contributed by atoms with Crippen molar-refractivity contribution in [3.8, 4) is 17.1 Å². The lowest BCUT2D eigenvalue weighted by Crippen LogP contribution is -2.20. The second kappa shape index (κ2) is 8.12. The number of hydrogen-bond acceptors (Lipinski definition) is 7. The standard InChI is InChI=1S/C22H18N4O4/c1-13(27)15-8-10-17(11-9-15)25-18(28)12-29-21-19-20(16-6-4-3-5-7-16)26-30-22(19)24-14(2)23-21/h3-11H,12H2,1-2H3,(H,25,28). The first-order valence-corrected chi connectivity index (χ1v) is 9.24. The number of carbonyl (C=O) groups excluding carboxylic acids is 2. The Labute approximate surface area is 171 Å². The molecule has 8 heteroatoms. The molecule has 1 amide bonds. The van der Waals surface area contributed by atoms with Crippen molar-refractivity contribution >= 4 is 28.5 Å². The van der Waals surface area contributed by atoms with Gasteiger partial charge in [0.05, 0.1) is 0 Å². The van der Waals surface area contributed by atoms with E-state index in [0.29, 0.717) is 28.2 Å². The van der Waals surface area contributed by atoms with Crippen molar-refractivity contribution < 1.29 is 18.8 Å². The number of nitrogens with zero attached hydrogens (tertiary/aromatic N) is 3. The number of Topliss-reactive ketones (excluding diaryl/α,β-unsaturated/α-hetero) is 1. The molecule has 0 spiro atoms. The van der Waals surface area contributed by atoms with E-state index in [1.165, 1.54) is 6.92 Å². The van der Waals surface area contributed by atoms with Gasteiger partial charge in [-0.25, -0.2) is 0 Å². The summed E-state index contributed by atoms with van der Waals surface area (Å²) in [5.41, 5.74) is 2.79. The van der Waals surface area contributed by atoms with Crippen molar-refractivity contribution in [2.45, 2.75) is 13.8 Å². The molecular formula is C22H18N4O4. The van der Waals surface area contributed by atoms with E-state index >= 15 is 0 Å². The Morgan fingerprint density at radius 1 is 1.03 bits per heavy atom. The zero-order valence-electron chi connectivity index (χ0n) is 16.4. The maximum absolute atomic E-state index is 12.3. The van der Waals surface area contributed by atoms with E-state index in [1.807, 2.05) is 30.3 Å². The van der Waals surface area contributed by atoms with Crippen molar-refractivity contribution in [3.05, 3.63) is 66.0 Å². The number of anilines is 1. The first kappa shape index (κ1) is 19.3. The molecule has 0 unspecified atom stereocenters. The molecule has 4 aromatic rings. The molecule has 0 aliphatic heterocycles. The number of benzene rings is 2. The van der Waals surface area contributed by atoms with Crippen LogP contribution >= 0.6 is 0 Å². The molecule has 0 aliphatic carbocycles. The lowest BCUT2D eigenvalue weighted by Gasteiger charge is -2.09. The predicted molar refractivity (Wildman–Crippen MR) is 110 cm³/mol. The van der Waals surface area contributed by atoms with E-state index in [2.05, 4.69) is 20.4 Å². The van der Waals surface area contributed by atoms with Gasteiger partial charge in [0, 0.05) is 16.8 Å². The molecule has 2 heterocycles. The molecule has 0 radical (unpaired) electrons. The Hall–Kier alpha value is -4.07. The fraction of sp³-hybridized carbons (Fsp3) is 0.136. The molecular weight excluding hydrogens is 384 g/mol. The Balaban J connectivity index is 1.54. The summed E-state index contributed by atoms with van der Waals surface area (Å²) in [6.07, 6.45) is 0. The highest BCUT2D eigenvalue weighted by Gasteiger charge is 2.19. The van der Waals surface area contributed by atoms with Gasteiger partial charge in [-0.15, -0.1) is 0 Å². The van der Waals surface area contributed by atoms with Crippen LogP contribution in [0.3, 0.4) is 0 Å². The average Bonchev–Trinajstić information content (AvgIpc) is 3.17. The third kappa shape index (κ3) is 4.02. The van der Waals surface area contributed by atoms with Crippen molar-refractivity contribution in [1.82, 2.24) is 15.1 Å². The predicted octanol–water partition coefficient (Wildman–Crippen LogP) is 3.81. The van der Waals surface area contributed by atoms with Crippen LogP contribution in [-0.4, -0.2) is 33.4 Å². The van der Waals surface area contributed by atoms with Crippen LogP contribution in [0.4, 0.5) is 5.69 Å². The van der Waals surface area contributed by atoms with Crippen LogP contribution in [0.5, 0.6) is 5.88 Å². The normalized spacial score (nSPS) is 10.7. The average molecular weight is 402 g/mol. The van der Waals surface area contributed by atoms with E-state index in [4.69, 9.17) is 9.26 Å². The van der Waals surface area contributed by atoms with Gasteiger partial charge < -0.3 is 14.6 Å². The van der Waals surface area contributed by atoms with Crippen molar-refractivity contribution in [3.63, 3.8) is 0 Å². The Morgan fingerprint density at radius 2 is 1.77 bits per heavy atom. The molecule has 150 valence electrons. The fourth-order valence-corrected chi connectivity index (χ4v) is 2.94. The molecule has 0 saturated carbocycles. The smallest absolute Gasteiger partial charge is 0.265 e. The number of aromatic nitrogens is 3. The third-order valence-corrected chi connectivity index (χ3v) is 4.38. The first-order chi connectivity index (χ1) is 14.5. The molecule has 0 fully saturated rings. The Bertz CT molecular complexity index is 1220. The van der Waals surface area contributed by atoms with E-state index in [9.17, 15) is 9.59 Å². The molecule has 8 nitrogen and oxygen atoms in total. The second-order valence-electron chi connectivity index (χ2n) is 6.62. The number of carbonyl (C=O) groups is 2. The second-order valence-corrected chi connectivity index (χ2v) is 6.62. The highest BCUT2D eigenvalue weighted by atomic mass is 16.5. The molecule has 4 rings (SSSR count). The minimum atomic E-state index is -0.368. The van der Waals surface area contributed by atoms with Gasteiger partial charge in [0.25, 0.3) is 11.6 Å². The molecule has 1 N–H and O–H groups in total. The van der Waals surface area contributed by atoms with E-state index < -0.39 is 0 Å². The van der Waals surface area contributed by atoms with Gasteiger partial charge in [-0.1, -0.05) is 35.5 Å². The molecule has 2 aromatic carbocycles. The molecule has 0 saturated heterocycles. The largest absolute Gasteiger partial charge is 0.467 e. The first-order valence-electron chi connectivity index (χ1n) is 9.24. The number of aryl methyl sites for hydroxylation is 1. The van der Waals surface area contributed by atoms with Gasteiger partial charge in [-0.3, -0.25) is 9.59 Å². The number of nitrogens with one attached hydrogen (secondary N) is 1. The number of amides is 1. The van der Waals surface area contributed by atoms with E-state index in [-0.39, 0.29) is 29.9 Å². The third-order valence-electron chi connectivity index (χ3n) is 4.38. The maximum Gasteiger partial charge on any atom is 0.265 e. The summed E-state index contributed by atoms with van der Waals surface area (Å²) in [7, 11) is 0. The summed E-state index contributed by atoms with van der Waals surface area (Å²) in [6.45, 7) is 2.92. The minimum Gasteiger partial charge on any atom is -0.467 e. The number of ketones is 1. The van der Waals surface area contributed by atoms with Gasteiger partial charge in [0.2, 0.25) is 5.88 Å². The van der Waals surface area contributed by atoms with Crippen LogP contribution in [0.2, 0.25) is 0 Å². The molecule has 2 aromatic heterocycles. The Morgan fingerprint density at radius 3 is 2.47 bits per heavy atom. The SMILES string of the molecule is CC(=O)c1ccc(NC(=O)COc2nc(C)nc3onc(-c4ccccc4)c23)cc1. The summed E-state index contributed by atoms with van der Waals surface area (Å²) in [5, 5.41) is 7.33. The quantitative estimate of drug-likeness (QED) is 0.489. The molecule has 0 atom stereocenters. The van der Waals surface area contributed by atoms with E-state index in [1.54, 1.807) is 31.2 Å². The van der Waals surface area contributed by atoms with Gasteiger partial charge in [-0.05, 0) is 38.1 Å². The highest BCUT2D eigenvalue weighted by Crippen LogP contribution is 2.32. The summed E-state index contributed by atoms with van der Waals surface area (Å²) >= 11 is 0. The maximum atomic E-state index is 12.3. The lowest BCUT2D eigenvalue weighted by atomic mass is 10.1. The van der Waals surface area contributed by atoms with Crippen LogP contribution in [0.1, 0.15) is 23.1 Å². The highest BCUT2D eigenvalue weighted by molar-refractivity contribution is 5.96. The van der Waals surface area contributed by atoms with Crippen LogP contribution in [-0.2, 0) is 4.79 Å². The van der Waals surface area contributed by atoms with Gasteiger partial charge >= 0.3 is 0 Å². The number of rotatable bonds is 6. The van der Waals surface area contributed by atoms with Gasteiger partial charge in [0.1, 0.15) is 16.9 Å². The monoisotopic (exact) mass is 402 g/mol. The molecule has 0 bridgehead atoms. The Kier molecular flexibility index (Phi) is 5.21. The fourth-order valence-electron chi connectivity index (χ4n) is 2.94. The number of ether oxygens (including phenoxy) is 1. The summed E-state index contributed by atoms with van der Waals surface area (Å²) in [4.78, 5) is 32.3. The zero-order valence-corrected chi connectivity index (χ0v) is 16.4. The van der Waals surface area contributed by atoms with Crippen molar-refractivity contribution in [1.29, 1.82) is 0 Å². The summed E-state index contributed by atoms with van der Waals surface area (Å²) in [5.74, 6) is 0.253. The number of fused-ring (bicyclic) bond motifs is 1. The summed E-state index contributed by atoms with van der Waals surface area (Å²) in [6, 6.07) is 16.1. The van der Waals surface area contributed by atoms with Crippen molar-refractivity contribution in [2.24, 2.45) is 0 Å². The van der Waals surface area contributed by atoms with Crippen LogP contribution in [0.15, 0.2) is 59.1 Å². The summed E-state index contributed by atoms with van der Waals surface area (Å²) < 4.78 is 11.0. The van der Waals surface area contributed by atoms with Gasteiger partial charge in [0.15, 0.2) is 12.4 Å².